The fourth-order valence-corrected chi connectivity index (χ4v) is 2.05. The number of nitrogen functional groups attached to an aromatic ring is 1. The van der Waals surface area contributed by atoms with Crippen molar-refractivity contribution in [1.29, 1.82) is 5.26 Å². The molecule has 0 saturated heterocycles. The SMILES string of the molecule is N#Cc1ccc(-c2ccc3c(c2)OCCCO3)nc1N. The topological polar surface area (TPSA) is 81.2 Å². The second-order valence-corrected chi connectivity index (χ2v) is 4.45. The van der Waals surface area contributed by atoms with Crippen molar-refractivity contribution in [3.05, 3.63) is 35.9 Å². The maximum Gasteiger partial charge on any atom is 0.161 e. The Kier molecular flexibility index (Phi) is 3.13. The van der Waals surface area contributed by atoms with E-state index < -0.39 is 0 Å². The lowest BCUT2D eigenvalue weighted by molar-refractivity contribution is 0.297. The molecule has 0 bridgehead atoms. The molecule has 2 heterocycles. The Morgan fingerprint density at radius 2 is 1.90 bits per heavy atom. The molecule has 0 atom stereocenters. The number of rotatable bonds is 1. The van der Waals surface area contributed by atoms with E-state index in [1.54, 1.807) is 12.1 Å². The van der Waals surface area contributed by atoms with Crippen LogP contribution in [0.2, 0.25) is 0 Å². The monoisotopic (exact) mass is 267 g/mol. The summed E-state index contributed by atoms with van der Waals surface area (Å²) < 4.78 is 11.2. The van der Waals surface area contributed by atoms with E-state index in [-0.39, 0.29) is 5.82 Å². The first kappa shape index (κ1) is 12.3. The van der Waals surface area contributed by atoms with Gasteiger partial charge in [-0.1, -0.05) is 0 Å². The van der Waals surface area contributed by atoms with E-state index in [4.69, 9.17) is 20.5 Å². The number of nitrogens with two attached hydrogens (primary N) is 1. The summed E-state index contributed by atoms with van der Waals surface area (Å²) in [4.78, 5) is 4.25. The lowest BCUT2D eigenvalue weighted by Gasteiger charge is -2.09. The lowest BCUT2D eigenvalue weighted by atomic mass is 10.1. The van der Waals surface area contributed by atoms with Gasteiger partial charge in [-0.3, -0.25) is 0 Å². The van der Waals surface area contributed by atoms with Crippen molar-refractivity contribution in [2.75, 3.05) is 18.9 Å². The van der Waals surface area contributed by atoms with Crippen molar-refractivity contribution >= 4 is 5.82 Å². The van der Waals surface area contributed by atoms with Crippen LogP contribution in [0.5, 0.6) is 11.5 Å². The van der Waals surface area contributed by atoms with Crippen LogP contribution in [0.1, 0.15) is 12.0 Å². The Hall–Kier alpha value is -2.74. The van der Waals surface area contributed by atoms with E-state index in [2.05, 4.69) is 4.98 Å². The predicted molar refractivity (Wildman–Crippen MR) is 74.4 cm³/mol. The van der Waals surface area contributed by atoms with E-state index in [1.807, 2.05) is 24.3 Å². The van der Waals surface area contributed by atoms with Crippen LogP contribution in [-0.2, 0) is 0 Å². The fraction of sp³-hybridized carbons (Fsp3) is 0.200. The number of aromatic nitrogens is 1. The Bertz CT molecular complexity index is 692. The quantitative estimate of drug-likeness (QED) is 0.857. The molecule has 2 aromatic rings. The summed E-state index contributed by atoms with van der Waals surface area (Å²) in [7, 11) is 0. The zero-order valence-electron chi connectivity index (χ0n) is 10.8. The maximum atomic E-state index is 8.86. The highest BCUT2D eigenvalue weighted by atomic mass is 16.5. The molecule has 1 aliphatic rings. The largest absolute Gasteiger partial charge is 0.490 e. The zero-order valence-corrected chi connectivity index (χ0v) is 10.8. The van der Waals surface area contributed by atoms with E-state index in [9.17, 15) is 0 Å². The van der Waals surface area contributed by atoms with Gasteiger partial charge in [0.15, 0.2) is 11.5 Å². The Morgan fingerprint density at radius 3 is 2.65 bits per heavy atom. The number of hydrogen-bond acceptors (Lipinski definition) is 5. The first-order chi connectivity index (χ1) is 9.78. The molecular weight excluding hydrogens is 254 g/mol. The van der Waals surface area contributed by atoms with Crippen LogP contribution >= 0.6 is 0 Å². The molecule has 5 nitrogen and oxygen atoms in total. The molecule has 1 aromatic heterocycles. The third-order valence-electron chi connectivity index (χ3n) is 3.09. The van der Waals surface area contributed by atoms with Gasteiger partial charge in [-0.25, -0.2) is 4.98 Å². The highest BCUT2D eigenvalue weighted by molar-refractivity contribution is 5.67. The van der Waals surface area contributed by atoms with Gasteiger partial charge >= 0.3 is 0 Å². The standard InChI is InChI=1S/C15H13N3O2/c16-9-11-2-4-12(18-15(11)17)10-3-5-13-14(8-10)20-7-1-6-19-13/h2-5,8H,1,6-7H2,(H2,17,18). The molecule has 100 valence electrons. The zero-order chi connectivity index (χ0) is 13.9. The van der Waals surface area contributed by atoms with Gasteiger partial charge < -0.3 is 15.2 Å². The summed E-state index contributed by atoms with van der Waals surface area (Å²) in [5, 5.41) is 8.86. The molecule has 2 N–H and O–H groups in total. The smallest absolute Gasteiger partial charge is 0.161 e. The predicted octanol–water partition coefficient (Wildman–Crippen LogP) is 2.36. The van der Waals surface area contributed by atoms with Crippen LogP contribution < -0.4 is 15.2 Å². The summed E-state index contributed by atoms with van der Waals surface area (Å²) in [6.45, 7) is 1.30. The number of pyridine rings is 1. The molecule has 0 unspecified atom stereocenters. The fourth-order valence-electron chi connectivity index (χ4n) is 2.05. The van der Waals surface area contributed by atoms with Gasteiger partial charge in [-0.2, -0.15) is 5.26 Å². The van der Waals surface area contributed by atoms with Crippen molar-refractivity contribution < 1.29 is 9.47 Å². The van der Waals surface area contributed by atoms with E-state index >= 15 is 0 Å². The van der Waals surface area contributed by atoms with Crippen LogP contribution in [0.25, 0.3) is 11.3 Å². The Morgan fingerprint density at radius 1 is 1.10 bits per heavy atom. The van der Waals surface area contributed by atoms with Crippen LogP contribution in [0, 0.1) is 11.3 Å². The number of fused-ring (bicyclic) bond motifs is 1. The lowest BCUT2D eigenvalue weighted by Crippen LogP contribution is -1.97. The highest BCUT2D eigenvalue weighted by Gasteiger charge is 2.12. The second-order valence-electron chi connectivity index (χ2n) is 4.45. The summed E-state index contributed by atoms with van der Waals surface area (Å²) >= 11 is 0. The van der Waals surface area contributed by atoms with Crippen molar-refractivity contribution in [2.45, 2.75) is 6.42 Å². The van der Waals surface area contributed by atoms with Gasteiger partial charge in [0, 0.05) is 12.0 Å². The number of benzene rings is 1. The van der Waals surface area contributed by atoms with E-state index in [0.29, 0.717) is 30.2 Å². The van der Waals surface area contributed by atoms with Crippen molar-refractivity contribution in [2.24, 2.45) is 0 Å². The third kappa shape index (κ3) is 2.24. The summed E-state index contributed by atoms with van der Waals surface area (Å²) in [6.07, 6.45) is 0.867. The molecule has 0 radical (unpaired) electrons. The summed E-state index contributed by atoms with van der Waals surface area (Å²) in [6, 6.07) is 11.1. The Labute approximate surface area is 116 Å². The molecule has 20 heavy (non-hydrogen) atoms. The minimum Gasteiger partial charge on any atom is -0.490 e. The number of nitriles is 1. The molecule has 0 saturated carbocycles. The van der Waals surface area contributed by atoms with Crippen molar-refractivity contribution in [3.63, 3.8) is 0 Å². The molecule has 0 spiro atoms. The van der Waals surface area contributed by atoms with Crippen molar-refractivity contribution in [3.8, 4) is 28.8 Å². The molecule has 1 aliphatic heterocycles. The number of ether oxygens (including phenoxy) is 2. The van der Waals surface area contributed by atoms with Crippen LogP contribution in [0.4, 0.5) is 5.82 Å². The van der Waals surface area contributed by atoms with Crippen LogP contribution in [0.15, 0.2) is 30.3 Å². The summed E-state index contributed by atoms with van der Waals surface area (Å²) in [5.41, 5.74) is 7.71. The molecule has 5 heteroatoms. The Balaban J connectivity index is 2.00. The van der Waals surface area contributed by atoms with Gasteiger partial charge in [-0.05, 0) is 30.3 Å². The van der Waals surface area contributed by atoms with Gasteiger partial charge in [0.2, 0.25) is 0 Å². The van der Waals surface area contributed by atoms with Gasteiger partial charge in [0.1, 0.15) is 11.9 Å². The number of hydrogen-bond donors (Lipinski definition) is 1. The average Bonchev–Trinajstić information content (AvgIpc) is 2.71. The molecule has 3 rings (SSSR count). The minimum atomic E-state index is 0.233. The molecule has 0 aliphatic carbocycles. The van der Waals surface area contributed by atoms with E-state index in [1.165, 1.54) is 0 Å². The number of nitrogens with zero attached hydrogens (tertiary/aromatic N) is 2. The second kappa shape index (κ2) is 5.10. The van der Waals surface area contributed by atoms with Gasteiger partial charge in [-0.15, -0.1) is 0 Å². The van der Waals surface area contributed by atoms with Crippen molar-refractivity contribution in [1.82, 2.24) is 4.98 Å². The van der Waals surface area contributed by atoms with Crippen LogP contribution in [0.3, 0.4) is 0 Å². The molecular formula is C15H13N3O2. The average molecular weight is 267 g/mol. The summed E-state index contributed by atoms with van der Waals surface area (Å²) in [5.74, 6) is 1.69. The maximum absolute atomic E-state index is 8.86. The number of anilines is 1. The molecule has 1 aromatic carbocycles. The van der Waals surface area contributed by atoms with Crippen LogP contribution in [-0.4, -0.2) is 18.2 Å². The molecule has 0 fully saturated rings. The van der Waals surface area contributed by atoms with Gasteiger partial charge in [0.05, 0.1) is 24.5 Å². The normalized spacial score (nSPS) is 13.3. The molecule has 0 amide bonds. The van der Waals surface area contributed by atoms with Gasteiger partial charge in [0.25, 0.3) is 0 Å². The highest BCUT2D eigenvalue weighted by Crippen LogP contribution is 2.33. The van der Waals surface area contributed by atoms with E-state index in [0.717, 1.165) is 17.7 Å². The first-order valence-electron chi connectivity index (χ1n) is 6.34. The first-order valence-corrected chi connectivity index (χ1v) is 6.34. The third-order valence-corrected chi connectivity index (χ3v) is 3.09. The minimum absolute atomic E-state index is 0.233.